The van der Waals surface area contributed by atoms with Crippen LogP contribution in [-0.2, 0) is 15.8 Å². The Morgan fingerprint density at radius 2 is 1.72 bits per heavy atom. The molecule has 1 N–H and O–H groups in total. The molecule has 2 heterocycles. The topological polar surface area (TPSA) is 62.3 Å². The number of hydrogen-bond acceptors (Lipinski definition) is 4. The highest BCUT2D eigenvalue weighted by atomic mass is 19.4. The van der Waals surface area contributed by atoms with Crippen LogP contribution in [0, 0.1) is 17.8 Å². The van der Waals surface area contributed by atoms with Crippen LogP contribution >= 0.6 is 0 Å². The summed E-state index contributed by atoms with van der Waals surface area (Å²) < 4.78 is 38.0. The average molecular weight is 409 g/mol. The number of carbonyl (C=O) groups excluding carboxylic acids is 2. The number of aromatic nitrogens is 1. The van der Waals surface area contributed by atoms with Crippen LogP contribution in [0.1, 0.15) is 50.5 Å². The Morgan fingerprint density at radius 1 is 1.07 bits per heavy atom. The molecule has 3 fully saturated rings. The van der Waals surface area contributed by atoms with E-state index in [2.05, 4.69) is 10.3 Å². The van der Waals surface area contributed by atoms with Gasteiger partial charge in [0.05, 0.1) is 5.56 Å². The van der Waals surface area contributed by atoms with Gasteiger partial charge in [-0.15, -0.1) is 0 Å². The van der Waals surface area contributed by atoms with E-state index < -0.39 is 11.7 Å². The highest BCUT2D eigenvalue weighted by Crippen LogP contribution is 2.40. The second-order valence-corrected chi connectivity index (χ2v) is 8.57. The van der Waals surface area contributed by atoms with Crippen molar-refractivity contribution in [1.29, 1.82) is 0 Å². The number of Topliss-reactive ketones (excluding diaryl/α,β-unsaturated/α-hetero) is 1. The second-order valence-electron chi connectivity index (χ2n) is 8.57. The number of anilines is 1. The van der Waals surface area contributed by atoms with Crippen LogP contribution in [0.25, 0.3) is 0 Å². The third kappa shape index (κ3) is 4.41. The van der Waals surface area contributed by atoms with E-state index in [9.17, 15) is 22.8 Å². The zero-order chi connectivity index (χ0) is 20.6. The number of halogens is 3. The van der Waals surface area contributed by atoms with Crippen LogP contribution < -0.4 is 10.2 Å². The summed E-state index contributed by atoms with van der Waals surface area (Å²) in [5, 5.41) is 3.15. The van der Waals surface area contributed by atoms with Crippen LogP contribution in [0.4, 0.5) is 19.0 Å². The van der Waals surface area contributed by atoms with Gasteiger partial charge in [-0.3, -0.25) is 9.59 Å². The quantitative estimate of drug-likeness (QED) is 0.829. The third-order valence-electron chi connectivity index (χ3n) is 6.66. The number of fused-ring (bicyclic) bond motifs is 2. The second kappa shape index (κ2) is 7.95. The molecule has 1 aliphatic heterocycles. The van der Waals surface area contributed by atoms with Gasteiger partial charge in [-0.05, 0) is 50.7 Å². The Hall–Kier alpha value is -2.12. The summed E-state index contributed by atoms with van der Waals surface area (Å²) in [6, 6.07) is 2.52. The lowest BCUT2D eigenvalue weighted by atomic mass is 9.67. The van der Waals surface area contributed by atoms with E-state index in [0.29, 0.717) is 37.5 Å². The highest BCUT2D eigenvalue weighted by Gasteiger charge is 2.41. The zero-order valence-corrected chi connectivity index (χ0v) is 16.3. The van der Waals surface area contributed by atoms with E-state index in [1.807, 2.05) is 4.90 Å². The standard InChI is InChI=1S/C21H26F3N3O2/c22-21(23,24)16-4-5-18(25-12-16)27-8-6-17(7-9-27)26-20(29)15-10-13-2-1-3-14(11-15)19(13)28/h4-5,12-15,17H,1-3,6-11H2,(H,26,29). The molecule has 0 radical (unpaired) electrons. The monoisotopic (exact) mass is 409 g/mol. The fourth-order valence-corrected chi connectivity index (χ4v) is 5.01. The molecule has 0 aromatic carbocycles. The summed E-state index contributed by atoms with van der Waals surface area (Å²) in [6.07, 6.45) is 2.21. The lowest BCUT2D eigenvalue weighted by molar-refractivity contribution is -0.139. The normalized spacial score (nSPS) is 28.3. The fraction of sp³-hybridized carbons (Fsp3) is 0.667. The summed E-state index contributed by atoms with van der Waals surface area (Å²) in [7, 11) is 0. The van der Waals surface area contributed by atoms with Gasteiger partial charge in [-0.1, -0.05) is 6.42 Å². The Morgan fingerprint density at radius 3 is 2.28 bits per heavy atom. The molecule has 0 spiro atoms. The summed E-state index contributed by atoms with van der Waals surface area (Å²) >= 11 is 0. The highest BCUT2D eigenvalue weighted by molar-refractivity contribution is 5.88. The number of nitrogens with zero attached hydrogens (tertiary/aromatic N) is 2. The zero-order valence-electron chi connectivity index (χ0n) is 16.3. The molecule has 1 aromatic rings. The molecular formula is C21H26F3N3O2. The predicted octanol–water partition coefficient (Wildman–Crippen LogP) is 3.58. The van der Waals surface area contributed by atoms with Crippen molar-refractivity contribution >= 4 is 17.5 Å². The van der Waals surface area contributed by atoms with Crippen LogP contribution in [0.2, 0.25) is 0 Å². The largest absolute Gasteiger partial charge is 0.417 e. The minimum absolute atomic E-state index is 0.0560. The van der Waals surface area contributed by atoms with Gasteiger partial charge >= 0.3 is 6.18 Å². The van der Waals surface area contributed by atoms with Gasteiger partial charge in [-0.2, -0.15) is 13.2 Å². The summed E-state index contributed by atoms with van der Waals surface area (Å²) in [6.45, 7) is 1.27. The van der Waals surface area contributed by atoms with Gasteiger partial charge in [0.25, 0.3) is 0 Å². The number of rotatable bonds is 3. The molecule has 8 heteroatoms. The van der Waals surface area contributed by atoms with Crippen molar-refractivity contribution in [2.75, 3.05) is 18.0 Å². The van der Waals surface area contributed by atoms with Crippen molar-refractivity contribution in [3.05, 3.63) is 23.9 Å². The smallest absolute Gasteiger partial charge is 0.356 e. The molecule has 158 valence electrons. The number of amides is 1. The minimum atomic E-state index is -4.38. The minimum Gasteiger partial charge on any atom is -0.356 e. The van der Waals surface area contributed by atoms with E-state index in [1.54, 1.807) is 0 Å². The third-order valence-corrected chi connectivity index (χ3v) is 6.66. The maximum Gasteiger partial charge on any atom is 0.417 e. The first-order chi connectivity index (χ1) is 13.8. The number of piperidine rings is 1. The molecule has 4 rings (SSSR count). The van der Waals surface area contributed by atoms with Crippen LogP contribution in [0.3, 0.4) is 0 Å². The van der Waals surface area contributed by atoms with Crippen molar-refractivity contribution in [2.45, 2.75) is 57.2 Å². The first-order valence-electron chi connectivity index (χ1n) is 10.4. The van der Waals surface area contributed by atoms with E-state index in [-0.39, 0.29) is 29.7 Å². The van der Waals surface area contributed by atoms with Gasteiger partial charge in [0.1, 0.15) is 11.6 Å². The Kier molecular flexibility index (Phi) is 5.53. The van der Waals surface area contributed by atoms with Gasteiger partial charge in [-0.25, -0.2) is 4.98 Å². The Balaban J connectivity index is 1.28. The fourth-order valence-electron chi connectivity index (χ4n) is 5.01. The van der Waals surface area contributed by atoms with Crippen molar-refractivity contribution in [3.63, 3.8) is 0 Å². The molecule has 5 nitrogen and oxygen atoms in total. The van der Waals surface area contributed by atoms with Gasteiger partial charge < -0.3 is 10.2 Å². The SMILES string of the molecule is O=C(NC1CCN(c2ccc(C(F)(F)F)cn2)CC1)C1CC2CCCC(C1)C2=O. The predicted molar refractivity (Wildman–Crippen MR) is 101 cm³/mol. The number of pyridine rings is 1. The molecule has 2 bridgehead atoms. The molecule has 1 amide bonds. The van der Waals surface area contributed by atoms with Crippen LogP contribution in [-0.4, -0.2) is 35.8 Å². The number of hydrogen-bond donors (Lipinski definition) is 1. The molecule has 2 atom stereocenters. The maximum atomic E-state index is 12.7. The van der Waals surface area contributed by atoms with Crippen LogP contribution in [0.15, 0.2) is 18.3 Å². The molecule has 1 saturated heterocycles. The number of nitrogens with one attached hydrogen (secondary N) is 1. The molecule has 2 aliphatic carbocycles. The lowest BCUT2D eigenvalue weighted by Gasteiger charge is -2.38. The number of carbonyl (C=O) groups is 2. The number of ketones is 1. The summed E-state index contributed by atoms with van der Waals surface area (Å²) in [5.74, 6) is 0.994. The molecule has 1 aromatic heterocycles. The first-order valence-corrected chi connectivity index (χ1v) is 10.4. The van der Waals surface area contributed by atoms with Crippen LogP contribution in [0.5, 0.6) is 0 Å². The summed E-state index contributed by atoms with van der Waals surface area (Å²) in [5.41, 5.74) is -0.751. The van der Waals surface area contributed by atoms with Crippen molar-refractivity contribution in [2.24, 2.45) is 17.8 Å². The van der Waals surface area contributed by atoms with Crippen molar-refractivity contribution in [3.8, 4) is 0 Å². The maximum absolute atomic E-state index is 12.7. The van der Waals surface area contributed by atoms with Gasteiger partial charge in [0.2, 0.25) is 5.91 Å². The molecule has 29 heavy (non-hydrogen) atoms. The molecular weight excluding hydrogens is 383 g/mol. The molecule has 2 saturated carbocycles. The molecule has 3 aliphatic rings. The Labute approximate surface area is 168 Å². The van der Waals surface area contributed by atoms with Gasteiger partial charge in [0.15, 0.2) is 0 Å². The van der Waals surface area contributed by atoms with E-state index in [1.165, 1.54) is 6.07 Å². The van der Waals surface area contributed by atoms with E-state index in [0.717, 1.165) is 44.4 Å². The first kappa shape index (κ1) is 20.2. The lowest BCUT2D eigenvalue weighted by Crippen LogP contribution is -2.49. The van der Waals surface area contributed by atoms with E-state index >= 15 is 0 Å². The molecule has 2 unspecified atom stereocenters. The number of alkyl halides is 3. The average Bonchev–Trinajstić information content (AvgIpc) is 2.68. The van der Waals surface area contributed by atoms with Crippen molar-refractivity contribution in [1.82, 2.24) is 10.3 Å². The Bertz CT molecular complexity index is 741. The van der Waals surface area contributed by atoms with Crippen molar-refractivity contribution < 1.29 is 22.8 Å². The van der Waals surface area contributed by atoms with E-state index in [4.69, 9.17) is 0 Å². The van der Waals surface area contributed by atoms with Gasteiger partial charge in [0, 0.05) is 43.1 Å². The summed E-state index contributed by atoms with van der Waals surface area (Å²) in [4.78, 5) is 30.8.